The maximum Gasteiger partial charge on any atom is 0.407 e. The molecule has 0 spiro atoms. The number of ether oxygens (including phenoxy) is 2. The smallest absolute Gasteiger partial charge is 0.407 e. The Labute approximate surface area is 153 Å². The maximum absolute atomic E-state index is 12.5. The summed E-state index contributed by atoms with van der Waals surface area (Å²) in [5.41, 5.74) is 0. The van der Waals surface area contributed by atoms with Gasteiger partial charge in [0.15, 0.2) is 0 Å². The molecule has 5 nitrogen and oxygen atoms in total. The van der Waals surface area contributed by atoms with E-state index in [9.17, 15) is 9.59 Å². The Kier molecular flexibility index (Phi) is 12.2. The molecule has 0 aliphatic heterocycles. The van der Waals surface area contributed by atoms with Crippen molar-refractivity contribution in [2.75, 3.05) is 13.2 Å². The van der Waals surface area contributed by atoms with E-state index in [4.69, 9.17) is 9.47 Å². The Morgan fingerprint density at radius 1 is 0.880 bits per heavy atom. The van der Waals surface area contributed by atoms with Crippen LogP contribution in [0.5, 0.6) is 0 Å². The zero-order valence-electron chi connectivity index (χ0n) is 16.2. The minimum atomic E-state index is -0.565. The molecule has 1 amide bonds. The van der Waals surface area contributed by atoms with E-state index in [-0.39, 0.29) is 11.9 Å². The fraction of sp³-hybridized carbons (Fsp3) is 0.900. The van der Waals surface area contributed by atoms with Crippen molar-refractivity contribution in [1.29, 1.82) is 0 Å². The van der Waals surface area contributed by atoms with Crippen molar-refractivity contribution in [1.82, 2.24) is 5.32 Å². The molecular formula is C20H37NO4. The Bertz CT molecular complexity index is 367. The SMILES string of the molecule is CCCCCCCCOC(=O)C(NC(=O)OCCC)C1CCCCC1. The highest BCUT2D eigenvalue weighted by Crippen LogP contribution is 2.27. The van der Waals surface area contributed by atoms with Gasteiger partial charge in [-0.05, 0) is 31.6 Å². The molecule has 0 aromatic carbocycles. The molecule has 0 bridgehead atoms. The van der Waals surface area contributed by atoms with Crippen LogP contribution in [0.2, 0.25) is 0 Å². The summed E-state index contributed by atoms with van der Waals surface area (Å²) in [6.07, 6.45) is 12.5. The van der Waals surface area contributed by atoms with Crippen molar-refractivity contribution in [3.8, 4) is 0 Å². The largest absolute Gasteiger partial charge is 0.464 e. The lowest BCUT2D eigenvalue weighted by Crippen LogP contribution is -2.47. The summed E-state index contributed by atoms with van der Waals surface area (Å²) in [5, 5.41) is 2.75. The van der Waals surface area contributed by atoms with Crippen molar-refractivity contribution >= 4 is 12.1 Å². The molecule has 1 rings (SSSR count). The maximum atomic E-state index is 12.5. The van der Waals surface area contributed by atoms with Gasteiger partial charge < -0.3 is 14.8 Å². The molecule has 0 radical (unpaired) electrons. The first kappa shape index (κ1) is 21.8. The summed E-state index contributed by atoms with van der Waals surface area (Å²) in [6.45, 7) is 4.96. The minimum absolute atomic E-state index is 0.167. The first-order valence-corrected chi connectivity index (χ1v) is 10.3. The van der Waals surface area contributed by atoms with E-state index in [0.29, 0.717) is 13.2 Å². The number of unbranched alkanes of at least 4 members (excludes halogenated alkanes) is 5. The van der Waals surface area contributed by atoms with E-state index in [1.165, 1.54) is 32.1 Å². The number of hydrogen-bond acceptors (Lipinski definition) is 4. The van der Waals surface area contributed by atoms with E-state index in [1.54, 1.807) is 0 Å². The van der Waals surface area contributed by atoms with Gasteiger partial charge in [-0.2, -0.15) is 0 Å². The van der Waals surface area contributed by atoms with Gasteiger partial charge in [-0.1, -0.05) is 65.2 Å². The highest BCUT2D eigenvalue weighted by atomic mass is 16.6. The first-order valence-electron chi connectivity index (χ1n) is 10.3. The lowest BCUT2D eigenvalue weighted by molar-refractivity contribution is -0.148. The molecule has 1 N–H and O–H groups in total. The zero-order chi connectivity index (χ0) is 18.3. The zero-order valence-corrected chi connectivity index (χ0v) is 16.2. The number of carbonyl (C=O) groups is 2. The Morgan fingerprint density at radius 2 is 1.56 bits per heavy atom. The topological polar surface area (TPSA) is 64.6 Å². The summed E-state index contributed by atoms with van der Waals surface area (Å²) >= 11 is 0. The molecule has 1 fully saturated rings. The molecule has 0 aromatic rings. The van der Waals surface area contributed by atoms with Crippen LogP contribution in [0.25, 0.3) is 0 Å². The number of nitrogens with one attached hydrogen (secondary N) is 1. The molecule has 5 heteroatoms. The summed E-state index contributed by atoms with van der Waals surface area (Å²) in [4.78, 5) is 24.4. The van der Waals surface area contributed by atoms with Gasteiger partial charge in [0.05, 0.1) is 13.2 Å². The van der Waals surface area contributed by atoms with Gasteiger partial charge in [0.1, 0.15) is 6.04 Å². The third-order valence-electron chi connectivity index (χ3n) is 4.83. The molecule has 0 aromatic heterocycles. The van der Waals surface area contributed by atoms with Crippen molar-refractivity contribution < 1.29 is 19.1 Å². The molecule has 1 atom stereocenters. The van der Waals surface area contributed by atoms with Gasteiger partial charge >= 0.3 is 12.1 Å². The van der Waals surface area contributed by atoms with Crippen molar-refractivity contribution in [2.45, 2.75) is 96.9 Å². The second-order valence-corrected chi connectivity index (χ2v) is 7.09. The van der Waals surface area contributed by atoms with Crippen LogP contribution in [0, 0.1) is 5.92 Å². The van der Waals surface area contributed by atoms with E-state index in [1.807, 2.05) is 6.92 Å². The van der Waals surface area contributed by atoms with E-state index in [0.717, 1.165) is 44.9 Å². The number of amides is 1. The highest BCUT2D eigenvalue weighted by molar-refractivity contribution is 5.81. The normalized spacial score (nSPS) is 16.2. The molecule has 1 aliphatic rings. The van der Waals surface area contributed by atoms with Crippen molar-refractivity contribution in [3.05, 3.63) is 0 Å². The van der Waals surface area contributed by atoms with Crippen LogP contribution in [-0.4, -0.2) is 31.3 Å². The van der Waals surface area contributed by atoms with Crippen LogP contribution in [0.4, 0.5) is 4.79 Å². The second kappa shape index (κ2) is 14.0. The quantitative estimate of drug-likeness (QED) is 0.396. The lowest BCUT2D eigenvalue weighted by Gasteiger charge is -2.29. The fourth-order valence-corrected chi connectivity index (χ4v) is 3.35. The van der Waals surface area contributed by atoms with Gasteiger partial charge in [0.25, 0.3) is 0 Å². The van der Waals surface area contributed by atoms with Crippen LogP contribution < -0.4 is 5.32 Å². The Hall–Kier alpha value is -1.26. The third-order valence-corrected chi connectivity index (χ3v) is 4.83. The van der Waals surface area contributed by atoms with E-state index < -0.39 is 12.1 Å². The van der Waals surface area contributed by atoms with Crippen LogP contribution in [-0.2, 0) is 14.3 Å². The van der Waals surface area contributed by atoms with Crippen LogP contribution >= 0.6 is 0 Å². The van der Waals surface area contributed by atoms with E-state index >= 15 is 0 Å². The average molecular weight is 356 g/mol. The summed E-state index contributed by atoms with van der Waals surface area (Å²) in [5.74, 6) is -0.131. The van der Waals surface area contributed by atoms with Crippen LogP contribution in [0.1, 0.15) is 90.9 Å². The molecule has 1 saturated carbocycles. The fourth-order valence-electron chi connectivity index (χ4n) is 3.35. The number of esters is 1. The molecular weight excluding hydrogens is 318 g/mol. The molecule has 0 saturated heterocycles. The van der Waals surface area contributed by atoms with Gasteiger partial charge in [-0.25, -0.2) is 9.59 Å². The standard InChI is InChI=1S/C20H37NO4/c1-3-5-6-7-8-12-16-24-19(22)18(17-13-10-9-11-14-17)21-20(23)25-15-4-2/h17-18H,3-16H2,1-2H3,(H,21,23). The lowest BCUT2D eigenvalue weighted by atomic mass is 9.84. The average Bonchev–Trinajstić information content (AvgIpc) is 2.64. The van der Waals surface area contributed by atoms with Crippen LogP contribution in [0.3, 0.4) is 0 Å². The van der Waals surface area contributed by atoms with Gasteiger partial charge in [0, 0.05) is 0 Å². The van der Waals surface area contributed by atoms with Crippen LogP contribution in [0.15, 0.2) is 0 Å². The Balaban J connectivity index is 2.38. The number of alkyl carbamates (subject to hydrolysis) is 1. The molecule has 1 aliphatic carbocycles. The molecule has 25 heavy (non-hydrogen) atoms. The number of hydrogen-bond donors (Lipinski definition) is 1. The van der Waals surface area contributed by atoms with Crippen molar-refractivity contribution in [3.63, 3.8) is 0 Å². The Morgan fingerprint density at radius 3 is 2.24 bits per heavy atom. The number of carbonyl (C=O) groups excluding carboxylic acids is 2. The summed E-state index contributed by atoms with van der Waals surface area (Å²) < 4.78 is 10.5. The molecule has 146 valence electrons. The number of rotatable bonds is 12. The van der Waals surface area contributed by atoms with Gasteiger partial charge in [-0.15, -0.1) is 0 Å². The summed E-state index contributed by atoms with van der Waals surface area (Å²) in [6, 6.07) is -0.565. The first-order chi connectivity index (χ1) is 12.2. The minimum Gasteiger partial charge on any atom is -0.464 e. The monoisotopic (exact) mass is 355 g/mol. The van der Waals surface area contributed by atoms with Gasteiger partial charge in [0.2, 0.25) is 0 Å². The van der Waals surface area contributed by atoms with Crippen molar-refractivity contribution in [2.24, 2.45) is 5.92 Å². The van der Waals surface area contributed by atoms with Gasteiger partial charge in [-0.3, -0.25) is 0 Å². The highest BCUT2D eigenvalue weighted by Gasteiger charge is 2.32. The third kappa shape index (κ3) is 9.71. The van der Waals surface area contributed by atoms with E-state index in [2.05, 4.69) is 12.2 Å². The molecule has 0 heterocycles. The predicted molar refractivity (Wildman–Crippen MR) is 99.5 cm³/mol. The predicted octanol–water partition coefficient (Wildman–Crippen LogP) is 4.98. The summed E-state index contributed by atoms with van der Waals surface area (Å²) in [7, 11) is 0. The molecule has 1 unspecified atom stereocenters. The second-order valence-electron chi connectivity index (χ2n) is 7.09.